The lowest BCUT2D eigenvalue weighted by Crippen LogP contribution is -2.26. The predicted octanol–water partition coefficient (Wildman–Crippen LogP) is 1.52. The molecule has 1 N–H and O–H groups in total. The minimum atomic E-state index is -1.29. The number of benzene rings is 1. The molecule has 7 heteroatoms. The van der Waals surface area contributed by atoms with Crippen LogP contribution >= 0.6 is 0 Å². The van der Waals surface area contributed by atoms with Gasteiger partial charge in [0.1, 0.15) is 5.56 Å². The molecule has 0 atom stereocenters. The Balaban J connectivity index is 2.34. The van der Waals surface area contributed by atoms with Crippen molar-refractivity contribution in [2.45, 2.75) is 6.42 Å². The summed E-state index contributed by atoms with van der Waals surface area (Å²) >= 11 is 0. The number of hydrogen-bond donors (Lipinski definition) is 1. The first-order chi connectivity index (χ1) is 9.09. The van der Waals surface area contributed by atoms with E-state index in [0.29, 0.717) is 25.4 Å². The Bertz CT molecular complexity index is 495. The van der Waals surface area contributed by atoms with Crippen molar-refractivity contribution in [3.8, 4) is 0 Å². The molecule has 0 unspecified atom stereocenters. The minimum Gasteiger partial charge on any atom is -0.477 e. The zero-order valence-electron chi connectivity index (χ0n) is 10.2. The van der Waals surface area contributed by atoms with Gasteiger partial charge in [-0.15, -0.1) is 0 Å². The van der Waals surface area contributed by atoms with Gasteiger partial charge in [0.2, 0.25) is 0 Å². The molecule has 1 aromatic carbocycles. The van der Waals surface area contributed by atoms with Gasteiger partial charge >= 0.3 is 5.97 Å². The van der Waals surface area contributed by atoms with Gasteiger partial charge in [-0.05, 0) is 18.6 Å². The summed E-state index contributed by atoms with van der Waals surface area (Å²) in [5, 5.41) is 19.8. The van der Waals surface area contributed by atoms with Crippen molar-refractivity contribution in [1.29, 1.82) is 0 Å². The Kier molecular flexibility index (Phi) is 3.96. The van der Waals surface area contributed by atoms with Crippen LogP contribution in [0.2, 0.25) is 0 Å². The van der Waals surface area contributed by atoms with Crippen molar-refractivity contribution in [3.05, 3.63) is 33.9 Å². The smallest absolute Gasteiger partial charge is 0.342 e. The first kappa shape index (κ1) is 13.3. The first-order valence-electron chi connectivity index (χ1n) is 5.94. The second-order valence-corrected chi connectivity index (χ2v) is 4.22. The molecule has 0 amide bonds. The summed E-state index contributed by atoms with van der Waals surface area (Å²) in [6, 6.07) is 4.17. The highest BCUT2D eigenvalue weighted by molar-refractivity contribution is 5.93. The van der Waals surface area contributed by atoms with Crippen LogP contribution in [0.4, 0.5) is 11.4 Å². The number of carbonyl (C=O) groups is 1. The molecule has 1 heterocycles. The van der Waals surface area contributed by atoms with Gasteiger partial charge < -0.3 is 14.7 Å². The fourth-order valence-electron chi connectivity index (χ4n) is 2.06. The maximum atomic E-state index is 11.1. The average molecular weight is 266 g/mol. The van der Waals surface area contributed by atoms with E-state index in [1.54, 1.807) is 6.07 Å². The van der Waals surface area contributed by atoms with E-state index in [0.717, 1.165) is 13.0 Å². The zero-order chi connectivity index (χ0) is 13.8. The second kappa shape index (κ2) is 5.66. The molecular formula is C12H14N2O5. The van der Waals surface area contributed by atoms with Crippen LogP contribution < -0.4 is 4.90 Å². The van der Waals surface area contributed by atoms with Crippen LogP contribution in [-0.4, -0.2) is 42.3 Å². The van der Waals surface area contributed by atoms with Gasteiger partial charge in [0.25, 0.3) is 5.69 Å². The Morgan fingerprint density at radius 2 is 2.16 bits per heavy atom. The highest BCUT2D eigenvalue weighted by Gasteiger charge is 2.21. The van der Waals surface area contributed by atoms with Crippen LogP contribution in [0.15, 0.2) is 18.2 Å². The molecule has 0 aliphatic carbocycles. The number of nitro groups is 1. The van der Waals surface area contributed by atoms with Crippen LogP contribution in [0.1, 0.15) is 16.8 Å². The van der Waals surface area contributed by atoms with E-state index in [9.17, 15) is 14.9 Å². The van der Waals surface area contributed by atoms with Gasteiger partial charge in [0.05, 0.1) is 11.5 Å². The Labute approximate surface area is 109 Å². The van der Waals surface area contributed by atoms with Crippen molar-refractivity contribution in [2.75, 3.05) is 31.2 Å². The van der Waals surface area contributed by atoms with Gasteiger partial charge in [0.15, 0.2) is 0 Å². The van der Waals surface area contributed by atoms with Crippen molar-refractivity contribution < 1.29 is 19.6 Å². The molecule has 1 fully saturated rings. The molecule has 0 bridgehead atoms. The van der Waals surface area contributed by atoms with E-state index in [1.165, 1.54) is 12.1 Å². The lowest BCUT2D eigenvalue weighted by Gasteiger charge is -2.22. The molecule has 1 saturated heterocycles. The number of carboxylic acids is 1. The van der Waals surface area contributed by atoms with Gasteiger partial charge in [-0.2, -0.15) is 0 Å². The van der Waals surface area contributed by atoms with Crippen LogP contribution in [0, 0.1) is 10.1 Å². The number of ether oxygens (including phenoxy) is 1. The summed E-state index contributed by atoms with van der Waals surface area (Å²) in [6.07, 6.45) is 0.847. The maximum Gasteiger partial charge on any atom is 0.342 e. The summed E-state index contributed by atoms with van der Waals surface area (Å²) < 4.78 is 5.32. The number of rotatable bonds is 3. The molecule has 0 spiro atoms. The fourth-order valence-corrected chi connectivity index (χ4v) is 2.06. The Hall–Kier alpha value is -2.15. The van der Waals surface area contributed by atoms with E-state index < -0.39 is 10.9 Å². The SMILES string of the molecule is O=C(O)c1cc(N2CCCOCC2)ccc1[N+](=O)[O-]. The normalized spacial score (nSPS) is 15.9. The lowest BCUT2D eigenvalue weighted by molar-refractivity contribution is -0.385. The third kappa shape index (κ3) is 3.00. The highest BCUT2D eigenvalue weighted by Crippen LogP contribution is 2.25. The molecule has 7 nitrogen and oxygen atoms in total. The number of aromatic carboxylic acids is 1. The summed E-state index contributed by atoms with van der Waals surface area (Å²) in [5.74, 6) is -1.29. The van der Waals surface area contributed by atoms with Gasteiger partial charge in [0, 0.05) is 31.5 Å². The summed E-state index contributed by atoms with van der Waals surface area (Å²) in [6.45, 7) is 2.64. The minimum absolute atomic E-state index is 0.285. The van der Waals surface area contributed by atoms with Gasteiger partial charge in [-0.25, -0.2) is 4.79 Å². The standard InChI is InChI=1S/C12H14N2O5/c15-12(16)10-8-9(2-3-11(10)14(17)18)13-4-1-6-19-7-5-13/h2-3,8H,1,4-7H2,(H,15,16). The number of nitro benzene ring substituents is 1. The fraction of sp³-hybridized carbons (Fsp3) is 0.417. The zero-order valence-corrected chi connectivity index (χ0v) is 10.2. The number of nitrogens with zero attached hydrogens (tertiary/aromatic N) is 2. The van der Waals surface area contributed by atoms with Crippen LogP contribution in [0.25, 0.3) is 0 Å². The van der Waals surface area contributed by atoms with Crippen LogP contribution in [0.5, 0.6) is 0 Å². The monoisotopic (exact) mass is 266 g/mol. The topological polar surface area (TPSA) is 92.9 Å². The van der Waals surface area contributed by atoms with Gasteiger partial charge in [-0.1, -0.05) is 0 Å². The van der Waals surface area contributed by atoms with E-state index >= 15 is 0 Å². The van der Waals surface area contributed by atoms with E-state index in [1.807, 2.05) is 4.90 Å². The van der Waals surface area contributed by atoms with E-state index in [2.05, 4.69) is 0 Å². The summed E-state index contributed by atoms with van der Waals surface area (Å²) in [7, 11) is 0. The molecule has 0 aromatic heterocycles. The summed E-state index contributed by atoms with van der Waals surface area (Å²) in [5.41, 5.74) is 0.00323. The van der Waals surface area contributed by atoms with Crippen LogP contribution in [0.3, 0.4) is 0 Å². The van der Waals surface area contributed by atoms with Crippen molar-refractivity contribution in [3.63, 3.8) is 0 Å². The maximum absolute atomic E-state index is 11.1. The molecule has 1 aliphatic heterocycles. The first-order valence-corrected chi connectivity index (χ1v) is 5.94. The molecule has 1 aromatic rings. The molecule has 19 heavy (non-hydrogen) atoms. The summed E-state index contributed by atoms with van der Waals surface area (Å²) in [4.78, 5) is 23.2. The number of anilines is 1. The lowest BCUT2D eigenvalue weighted by atomic mass is 10.1. The molecular weight excluding hydrogens is 252 g/mol. The second-order valence-electron chi connectivity index (χ2n) is 4.22. The van der Waals surface area contributed by atoms with E-state index in [4.69, 9.17) is 9.84 Å². The van der Waals surface area contributed by atoms with Crippen molar-refractivity contribution in [2.24, 2.45) is 0 Å². The third-order valence-electron chi connectivity index (χ3n) is 2.99. The Morgan fingerprint density at radius 1 is 1.37 bits per heavy atom. The quantitative estimate of drug-likeness (QED) is 0.658. The highest BCUT2D eigenvalue weighted by atomic mass is 16.6. The number of carboxylic acid groups (broad SMARTS) is 1. The molecule has 0 radical (unpaired) electrons. The molecule has 2 rings (SSSR count). The van der Waals surface area contributed by atoms with Crippen molar-refractivity contribution in [1.82, 2.24) is 0 Å². The molecule has 102 valence electrons. The van der Waals surface area contributed by atoms with Crippen LogP contribution in [-0.2, 0) is 4.74 Å². The average Bonchev–Trinajstić information content (AvgIpc) is 2.66. The van der Waals surface area contributed by atoms with Gasteiger partial charge in [-0.3, -0.25) is 10.1 Å². The Morgan fingerprint density at radius 3 is 2.84 bits per heavy atom. The molecule has 0 saturated carbocycles. The number of hydrogen-bond acceptors (Lipinski definition) is 5. The molecule has 1 aliphatic rings. The largest absolute Gasteiger partial charge is 0.477 e. The third-order valence-corrected chi connectivity index (χ3v) is 2.99. The van der Waals surface area contributed by atoms with Crippen molar-refractivity contribution >= 4 is 17.3 Å². The predicted molar refractivity (Wildman–Crippen MR) is 67.7 cm³/mol. The van der Waals surface area contributed by atoms with E-state index in [-0.39, 0.29) is 11.3 Å².